The minimum absolute atomic E-state index is 0. The van der Waals surface area contributed by atoms with E-state index in [1.807, 2.05) is 0 Å². The van der Waals surface area contributed by atoms with Crippen molar-refractivity contribution in [3.05, 3.63) is 34.9 Å². The molecule has 1 heteroatoms. The molecule has 0 amide bonds. The number of hydrogen-bond donors (Lipinski definition) is 0. The molecule has 12 heavy (non-hydrogen) atoms. The molecule has 0 spiro atoms. The summed E-state index contributed by atoms with van der Waals surface area (Å²) in [6.07, 6.45) is 0. The Morgan fingerprint density at radius 3 is 1.83 bits per heavy atom. The number of rotatable bonds is 1. The van der Waals surface area contributed by atoms with Gasteiger partial charge in [-0.3, -0.25) is 0 Å². The average molecular weight is 236 g/mol. The van der Waals surface area contributed by atoms with E-state index in [4.69, 9.17) is 0 Å². The van der Waals surface area contributed by atoms with Crippen molar-refractivity contribution < 1.29 is 32.7 Å². The van der Waals surface area contributed by atoms with Gasteiger partial charge >= 0.3 is 0 Å². The first-order chi connectivity index (χ1) is 5.09. The third kappa shape index (κ3) is 3.37. The van der Waals surface area contributed by atoms with E-state index in [2.05, 4.69) is 45.9 Å². The quantitative estimate of drug-likeness (QED) is 0.657. The molecule has 0 saturated heterocycles. The molecule has 0 aliphatic carbocycles. The van der Waals surface area contributed by atoms with Gasteiger partial charge in [0.2, 0.25) is 0 Å². The maximum Gasteiger partial charge on any atom is 0 e. The van der Waals surface area contributed by atoms with E-state index in [-0.39, 0.29) is 32.7 Å². The van der Waals surface area contributed by atoms with Gasteiger partial charge < -0.3 is 0 Å². The first-order valence-corrected chi connectivity index (χ1v) is 4.10. The number of hydrogen-bond acceptors (Lipinski definition) is 0. The summed E-state index contributed by atoms with van der Waals surface area (Å²) in [6, 6.07) is 7.68. The van der Waals surface area contributed by atoms with Gasteiger partial charge in [0.05, 0.1) is 0 Å². The predicted molar refractivity (Wildman–Crippen MR) is 48.8 cm³/mol. The van der Waals surface area contributed by atoms with Gasteiger partial charge in [0, 0.05) is 32.7 Å². The maximum absolute atomic E-state index is 3.27. The minimum atomic E-state index is 0. The molecule has 1 radical (unpaired) electrons. The zero-order valence-electron chi connectivity index (χ0n) is 8.31. The van der Waals surface area contributed by atoms with Crippen LogP contribution in [0.1, 0.15) is 36.5 Å². The summed E-state index contributed by atoms with van der Waals surface area (Å²) in [5.74, 6) is 0.627. The molecule has 0 heterocycles. The molecule has 0 N–H and O–H groups in total. The van der Waals surface area contributed by atoms with Crippen molar-refractivity contribution in [3.63, 3.8) is 0 Å². The van der Waals surface area contributed by atoms with Gasteiger partial charge in [-0.15, -0.1) is 0 Å². The fourth-order valence-corrected chi connectivity index (χ4v) is 1.26. The standard InChI is InChI=1S/C11H15.Y/c1-8(2)11-6-9(3)5-10(4)7-11;/h6-8H,1-4H3;/q-1;. The minimum Gasteiger partial charge on any atom is -0.177 e. The Morgan fingerprint density at radius 1 is 1.08 bits per heavy atom. The van der Waals surface area contributed by atoms with Gasteiger partial charge in [0.15, 0.2) is 0 Å². The third-order valence-electron chi connectivity index (χ3n) is 1.83. The molecule has 0 atom stereocenters. The molecule has 0 saturated carbocycles. The Morgan fingerprint density at radius 2 is 1.50 bits per heavy atom. The first kappa shape index (κ1) is 12.3. The van der Waals surface area contributed by atoms with Crippen LogP contribution in [0.15, 0.2) is 12.1 Å². The van der Waals surface area contributed by atoms with Crippen LogP contribution in [0.4, 0.5) is 0 Å². The van der Waals surface area contributed by atoms with Gasteiger partial charge in [-0.05, 0) is 5.92 Å². The van der Waals surface area contributed by atoms with E-state index in [9.17, 15) is 0 Å². The topological polar surface area (TPSA) is 0 Å². The Kier molecular flexibility index (Phi) is 5.28. The molecule has 0 fully saturated rings. The van der Waals surface area contributed by atoms with Crippen LogP contribution in [0.5, 0.6) is 0 Å². The molecule has 63 valence electrons. The Bertz CT molecular complexity index is 231. The molecule has 0 aliphatic rings. The van der Waals surface area contributed by atoms with E-state index in [0.717, 1.165) is 0 Å². The summed E-state index contributed by atoms with van der Waals surface area (Å²) in [5, 5.41) is 0. The third-order valence-corrected chi connectivity index (χ3v) is 1.83. The summed E-state index contributed by atoms with van der Waals surface area (Å²) in [5.41, 5.74) is 3.90. The number of aryl methyl sites for hydroxylation is 2. The molecule has 1 rings (SSSR count). The van der Waals surface area contributed by atoms with Crippen LogP contribution in [-0.2, 0) is 32.7 Å². The molecule has 0 aliphatic heterocycles. The fourth-order valence-electron chi connectivity index (χ4n) is 1.26. The molecular formula is C11H15Y-. The van der Waals surface area contributed by atoms with Crippen LogP contribution >= 0.6 is 0 Å². The molecule has 1 aromatic rings. The molecule has 0 bridgehead atoms. The van der Waals surface area contributed by atoms with Crippen LogP contribution in [-0.4, -0.2) is 0 Å². The van der Waals surface area contributed by atoms with Gasteiger partial charge in [-0.2, -0.15) is 34.9 Å². The summed E-state index contributed by atoms with van der Waals surface area (Å²) < 4.78 is 0. The predicted octanol–water partition coefficient (Wildman–Crippen LogP) is 3.22. The Hall–Kier alpha value is 0.324. The van der Waals surface area contributed by atoms with Crippen molar-refractivity contribution in [1.29, 1.82) is 0 Å². The Balaban J connectivity index is 0.00000121. The van der Waals surface area contributed by atoms with Crippen molar-refractivity contribution in [2.45, 2.75) is 33.6 Å². The van der Waals surface area contributed by atoms with Crippen molar-refractivity contribution in [1.82, 2.24) is 0 Å². The summed E-state index contributed by atoms with van der Waals surface area (Å²) >= 11 is 0. The SMILES string of the molecule is Cc1[c-]c(C)cc(C(C)C)c1.[Y]. The molecular weight excluding hydrogens is 221 g/mol. The van der Waals surface area contributed by atoms with Gasteiger partial charge in [-0.1, -0.05) is 27.7 Å². The van der Waals surface area contributed by atoms with Crippen molar-refractivity contribution in [2.75, 3.05) is 0 Å². The second-order valence-electron chi connectivity index (χ2n) is 3.43. The average Bonchev–Trinajstić information content (AvgIpc) is 1.85. The fraction of sp³-hybridized carbons (Fsp3) is 0.455. The van der Waals surface area contributed by atoms with Crippen LogP contribution in [0.3, 0.4) is 0 Å². The second kappa shape index (κ2) is 5.14. The summed E-state index contributed by atoms with van der Waals surface area (Å²) in [7, 11) is 0. The largest absolute Gasteiger partial charge is 0.177 e. The molecule has 0 unspecified atom stereocenters. The molecule has 1 aromatic carbocycles. The van der Waals surface area contributed by atoms with Crippen LogP contribution < -0.4 is 0 Å². The van der Waals surface area contributed by atoms with Crippen LogP contribution in [0, 0.1) is 19.9 Å². The van der Waals surface area contributed by atoms with Gasteiger partial charge in [0.25, 0.3) is 0 Å². The zero-order chi connectivity index (χ0) is 8.43. The van der Waals surface area contributed by atoms with E-state index >= 15 is 0 Å². The van der Waals surface area contributed by atoms with Crippen molar-refractivity contribution in [2.24, 2.45) is 0 Å². The van der Waals surface area contributed by atoms with Gasteiger partial charge in [0.1, 0.15) is 0 Å². The Labute approximate surface area is 101 Å². The van der Waals surface area contributed by atoms with Gasteiger partial charge in [-0.25, -0.2) is 0 Å². The van der Waals surface area contributed by atoms with E-state index in [0.29, 0.717) is 5.92 Å². The maximum atomic E-state index is 3.27. The van der Waals surface area contributed by atoms with E-state index < -0.39 is 0 Å². The van der Waals surface area contributed by atoms with Crippen molar-refractivity contribution in [3.8, 4) is 0 Å². The summed E-state index contributed by atoms with van der Waals surface area (Å²) in [4.78, 5) is 0. The monoisotopic (exact) mass is 236 g/mol. The zero-order valence-corrected chi connectivity index (χ0v) is 11.1. The first-order valence-electron chi connectivity index (χ1n) is 4.10. The smallest absolute Gasteiger partial charge is 0 e. The normalized spacial score (nSPS) is 9.75. The number of benzene rings is 1. The van der Waals surface area contributed by atoms with E-state index in [1.165, 1.54) is 16.7 Å². The molecule has 0 nitrogen and oxygen atoms in total. The summed E-state index contributed by atoms with van der Waals surface area (Å²) in [6.45, 7) is 8.63. The molecule has 0 aromatic heterocycles. The van der Waals surface area contributed by atoms with Crippen molar-refractivity contribution >= 4 is 0 Å². The van der Waals surface area contributed by atoms with Crippen LogP contribution in [0.2, 0.25) is 0 Å². The van der Waals surface area contributed by atoms with E-state index in [1.54, 1.807) is 0 Å². The van der Waals surface area contributed by atoms with Crippen LogP contribution in [0.25, 0.3) is 0 Å². The second-order valence-corrected chi connectivity index (χ2v) is 3.43.